The normalized spacial score (nSPS) is 10.6. The average molecular weight is 538 g/mol. The SMILES string of the molecule is CC[NH+](CC)CCOc1ccc2c(c1)C(=O)c1cc(OCC[NH+](CC)CC)ccc1-2.O.O.O.[Cl-].[Cl-]. The van der Waals surface area contributed by atoms with Crippen LogP contribution in [0.5, 0.6) is 11.5 Å². The second-order valence-corrected chi connectivity index (χ2v) is 7.86. The summed E-state index contributed by atoms with van der Waals surface area (Å²) in [6.45, 7) is 16.4. The zero-order valence-electron chi connectivity index (χ0n) is 21.1. The molecule has 10 heteroatoms. The van der Waals surface area contributed by atoms with E-state index in [0.717, 1.165) is 73.0 Å². The van der Waals surface area contributed by atoms with Crippen molar-refractivity contribution in [2.75, 3.05) is 52.5 Å². The van der Waals surface area contributed by atoms with Gasteiger partial charge in [-0.2, -0.15) is 0 Å². The van der Waals surface area contributed by atoms with Gasteiger partial charge in [0.05, 0.1) is 26.2 Å². The van der Waals surface area contributed by atoms with Crippen LogP contribution in [-0.4, -0.2) is 74.7 Å². The first-order valence-corrected chi connectivity index (χ1v) is 11.4. The van der Waals surface area contributed by atoms with Gasteiger partial charge in [0.2, 0.25) is 0 Å². The summed E-state index contributed by atoms with van der Waals surface area (Å²) in [5.74, 6) is 1.58. The number of nitrogens with one attached hydrogen (secondary N) is 2. The first-order valence-electron chi connectivity index (χ1n) is 11.4. The second-order valence-electron chi connectivity index (χ2n) is 7.86. The largest absolute Gasteiger partial charge is 1.00 e. The highest BCUT2D eigenvalue weighted by molar-refractivity contribution is 6.22. The quantitative estimate of drug-likeness (QED) is 0.237. The zero-order chi connectivity index (χ0) is 21.5. The molecule has 0 amide bonds. The molecule has 2 aromatic carbocycles. The second kappa shape index (κ2) is 18.4. The van der Waals surface area contributed by atoms with Crippen molar-refractivity contribution in [1.29, 1.82) is 0 Å². The van der Waals surface area contributed by atoms with E-state index in [1.807, 2.05) is 36.4 Å². The molecule has 0 heterocycles. The molecular formula is C25H42Cl2N2O6. The lowest BCUT2D eigenvalue weighted by atomic mass is 10.1. The molecule has 0 bridgehead atoms. The summed E-state index contributed by atoms with van der Waals surface area (Å²) >= 11 is 0. The smallest absolute Gasteiger partial charge is 0.194 e. The Balaban J connectivity index is -0.00000205. The summed E-state index contributed by atoms with van der Waals surface area (Å²) in [5.41, 5.74) is 3.41. The fourth-order valence-corrected chi connectivity index (χ4v) is 4.05. The van der Waals surface area contributed by atoms with E-state index >= 15 is 0 Å². The van der Waals surface area contributed by atoms with Gasteiger partial charge in [-0.15, -0.1) is 0 Å². The summed E-state index contributed by atoms with van der Waals surface area (Å²) in [4.78, 5) is 16.0. The maximum Gasteiger partial charge on any atom is 0.194 e. The third-order valence-electron chi connectivity index (χ3n) is 6.21. The van der Waals surface area contributed by atoms with Crippen LogP contribution in [0.1, 0.15) is 43.6 Å². The number of ether oxygens (including phenoxy) is 2. The molecule has 0 saturated heterocycles. The summed E-state index contributed by atoms with van der Waals surface area (Å²) in [6.07, 6.45) is 0. The summed E-state index contributed by atoms with van der Waals surface area (Å²) in [5, 5.41) is 0. The number of fused-ring (bicyclic) bond motifs is 3. The topological polar surface area (TPSA) is 139 Å². The molecule has 1 aliphatic carbocycles. The molecule has 0 aromatic heterocycles. The summed E-state index contributed by atoms with van der Waals surface area (Å²) in [7, 11) is 0. The van der Waals surface area contributed by atoms with E-state index in [1.54, 1.807) is 0 Å². The van der Waals surface area contributed by atoms with Gasteiger partial charge in [-0.3, -0.25) is 4.79 Å². The number of benzene rings is 2. The standard InChI is InChI=1S/C25H34N2O3.2ClH.3H2O/c1-5-26(6-2)13-15-29-19-9-11-21-22-12-10-20(30-16-14-27(7-3)8-4)18-24(22)25(28)23(21)17-19;;;;;/h9-12,17-18H,5-8,13-16H2,1-4H3;2*1H;3*1H2. The molecule has 35 heavy (non-hydrogen) atoms. The van der Waals surface area contributed by atoms with Gasteiger partial charge in [0.25, 0.3) is 0 Å². The van der Waals surface area contributed by atoms with Gasteiger partial charge in [0, 0.05) is 11.1 Å². The first kappa shape index (κ1) is 37.6. The molecule has 0 saturated carbocycles. The Morgan fingerprint density at radius 1 is 0.600 bits per heavy atom. The number of quaternary nitrogens is 2. The van der Waals surface area contributed by atoms with Crippen molar-refractivity contribution in [1.82, 2.24) is 0 Å². The molecule has 8 N–H and O–H groups in total. The van der Waals surface area contributed by atoms with Gasteiger partial charge in [0.1, 0.15) is 37.8 Å². The molecule has 0 aliphatic heterocycles. The van der Waals surface area contributed by atoms with Crippen LogP contribution in [0.25, 0.3) is 11.1 Å². The molecule has 202 valence electrons. The number of halogens is 2. The monoisotopic (exact) mass is 536 g/mol. The highest BCUT2D eigenvalue weighted by Crippen LogP contribution is 2.39. The molecule has 3 rings (SSSR count). The van der Waals surface area contributed by atoms with Crippen molar-refractivity contribution < 1.29 is 65.3 Å². The Hall–Kier alpha value is -1.91. The fourth-order valence-electron chi connectivity index (χ4n) is 4.05. The lowest BCUT2D eigenvalue weighted by Crippen LogP contribution is -3.12. The van der Waals surface area contributed by atoms with E-state index < -0.39 is 0 Å². The molecule has 2 aromatic rings. The average Bonchev–Trinajstić information content (AvgIpc) is 3.05. The molecule has 0 atom stereocenters. The van der Waals surface area contributed by atoms with Gasteiger partial charge >= 0.3 is 0 Å². The number of carbonyl (C=O) groups excluding carboxylic acids is 1. The van der Waals surface area contributed by atoms with E-state index in [9.17, 15) is 4.79 Å². The van der Waals surface area contributed by atoms with E-state index in [0.29, 0.717) is 13.2 Å². The van der Waals surface area contributed by atoms with Gasteiger partial charge in [-0.05, 0) is 75.2 Å². The fraction of sp³-hybridized carbons (Fsp3) is 0.480. The van der Waals surface area contributed by atoms with Crippen LogP contribution in [0.2, 0.25) is 0 Å². The van der Waals surface area contributed by atoms with Crippen LogP contribution >= 0.6 is 0 Å². The molecule has 0 fully saturated rings. The van der Waals surface area contributed by atoms with Crippen molar-refractivity contribution in [3.63, 3.8) is 0 Å². The zero-order valence-corrected chi connectivity index (χ0v) is 22.6. The van der Waals surface area contributed by atoms with Crippen LogP contribution in [0.3, 0.4) is 0 Å². The third-order valence-corrected chi connectivity index (χ3v) is 6.21. The highest BCUT2D eigenvalue weighted by Gasteiger charge is 2.27. The third kappa shape index (κ3) is 9.24. The Morgan fingerprint density at radius 3 is 1.26 bits per heavy atom. The number of likely N-dealkylation sites (N-methyl/N-ethyl adjacent to an activating group) is 2. The number of rotatable bonds is 12. The van der Waals surface area contributed by atoms with E-state index in [-0.39, 0.29) is 47.0 Å². The van der Waals surface area contributed by atoms with E-state index in [4.69, 9.17) is 9.47 Å². The minimum Gasteiger partial charge on any atom is -1.00 e. The van der Waals surface area contributed by atoms with Crippen molar-refractivity contribution in [2.45, 2.75) is 27.7 Å². The Morgan fingerprint density at radius 2 is 0.943 bits per heavy atom. The van der Waals surface area contributed by atoms with E-state index in [2.05, 4.69) is 27.7 Å². The van der Waals surface area contributed by atoms with Crippen LogP contribution in [0.15, 0.2) is 36.4 Å². The van der Waals surface area contributed by atoms with Crippen LogP contribution in [0.4, 0.5) is 0 Å². The van der Waals surface area contributed by atoms with Crippen molar-refractivity contribution in [3.8, 4) is 22.6 Å². The summed E-state index contributed by atoms with van der Waals surface area (Å²) < 4.78 is 11.9. The van der Waals surface area contributed by atoms with Crippen LogP contribution < -0.4 is 44.1 Å². The maximum absolute atomic E-state index is 13.0. The molecule has 0 radical (unpaired) electrons. The highest BCUT2D eigenvalue weighted by atomic mass is 35.5. The first-order chi connectivity index (χ1) is 14.6. The van der Waals surface area contributed by atoms with Crippen LogP contribution in [0, 0.1) is 0 Å². The van der Waals surface area contributed by atoms with Gasteiger partial charge < -0.3 is 60.5 Å². The lowest BCUT2D eigenvalue weighted by molar-refractivity contribution is -0.896. The molecule has 0 spiro atoms. The van der Waals surface area contributed by atoms with E-state index in [1.165, 1.54) is 9.80 Å². The van der Waals surface area contributed by atoms with Crippen molar-refractivity contribution in [3.05, 3.63) is 47.5 Å². The van der Waals surface area contributed by atoms with Gasteiger partial charge in [0.15, 0.2) is 5.78 Å². The van der Waals surface area contributed by atoms with Gasteiger partial charge in [-0.25, -0.2) is 0 Å². The number of hydrogen-bond donors (Lipinski definition) is 2. The van der Waals surface area contributed by atoms with Gasteiger partial charge in [-0.1, -0.05) is 0 Å². The summed E-state index contributed by atoms with van der Waals surface area (Å²) in [6, 6.07) is 11.7. The predicted molar refractivity (Wildman–Crippen MR) is 131 cm³/mol. The Bertz CT molecular complexity index is 808. The maximum atomic E-state index is 13.0. The number of hydrogen-bond acceptors (Lipinski definition) is 3. The lowest BCUT2D eigenvalue weighted by Gasteiger charge is -2.15. The number of carbonyl (C=O) groups is 1. The van der Waals surface area contributed by atoms with Crippen molar-refractivity contribution >= 4 is 5.78 Å². The Kier molecular flexibility index (Phi) is 19.8. The molecule has 0 unspecified atom stereocenters. The molecular weight excluding hydrogens is 495 g/mol. The predicted octanol–water partition coefficient (Wildman–Crippen LogP) is -6.96. The minimum absolute atomic E-state index is 0. The molecule has 1 aliphatic rings. The minimum atomic E-state index is 0. The molecule has 8 nitrogen and oxygen atoms in total. The van der Waals surface area contributed by atoms with Crippen LogP contribution in [-0.2, 0) is 0 Å². The number of ketones is 1. The van der Waals surface area contributed by atoms with Crippen molar-refractivity contribution in [2.24, 2.45) is 0 Å². The Labute approximate surface area is 221 Å².